The Bertz CT molecular complexity index is 786. The highest BCUT2D eigenvalue weighted by molar-refractivity contribution is 5.31. The van der Waals surface area contributed by atoms with Crippen molar-refractivity contribution in [2.75, 3.05) is 6.54 Å². The summed E-state index contributed by atoms with van der Waals surface area (Å²) < 4.78 is 8.53. The Morgan fingerprint density at radius 1 is 1.33 bits per heavy atom. The predicted molar refractivity (Wildman–Crippen MR) is 77.1 cm³/mol. The van der Waals surface area contributed by atoms with Crippen LogP contribution in [0.1, 0.15) is 24.9 Å². The smallest absolute Gasteiger partial charge is 0.350 e. The molecule has 0 aliphatic carbocycles. The van der Waals surface area contributed by atoms with E-state index >= 15 is 0 Å². The molecular formula is C14H17N5O2. The van der Waals surface area contributed by atoms with E-state index in [-0.39, 0.29) is 5.69 Å². The van der Waals surface area contributed by atoms with Crippen molar-refractivity contribution in [2.45, 2.75) is 26.4 Å². The molecule has 0 aliphatic rings. The van der Waals surface area contributed by atoms with E-state index in [1.807, 2.05) is 12.1 Å². The Morgan fingerprint density at radius 2 is 2.19 bits per heavy atom. The van der Waals surface area contributed by atoms with Gasteiger partial charge in [0.15, 0.2) is 5.65 Å². The Hall–Kier alpha value is -2.41. The number of hydrogen-bond acceptors (Lipinski definition) is 5. The van der Waals surface area contributed by atoms with Gasteiger partial charge in [0.25, 0.3) is 0 Å². The second kappa shape index (κ2) is 5.92. The molecule has 0 fully saturated rings. The number of aromatic nitrogens is 4. The summed E-state index contributed by atoms with van der Waals surface area (Å²) in [6, 6.07) is 3.79. The van der Waals surface area contributed by atoms with Crippen LogP contribution < -0.4 is 11.0 Å². The fourth-order valence-electron chi connectivity index (χ4n) is 2.12. The number of hydrogen-bond donors (Lipinski definition) is 1. The molecule has 3 rings (SSSR count). The van der Waals surface area contributed by atoms with Crippen molar-refractivity contribution in [3.63, 3.8) is 0 Å². The third-order valence-electron chi connectivity index (χ3n) is 3.14. The summed E-state index contributed by atoms with van der Waals surface area (Å²) in [4.78, 5) is 16.1. The van der Waals surface area contributed by atoms with E-state index in [0.29, 0.717) is 24.5 Å². The topological polar surface area (TPSA) is 77.4 Å². The van der Waals surface area contributed by atoms with Gasteiger partial charge in [0.1, 0.15) is 18.1 Å². The first kappa shape index (κ1) is 13.6. The van der Waals surface area contributed by atoms with Crippen LogP contribution >= 0.6 is 0 Å². The van der Waals surface area contributed by atoms with E-state index < -0.39 is 0 Å². The van der Waals surface area contributed by atoms with Crippen molar-refractivity contribution in [3.8, 4) is 0 Å². The van der Waals surface area contributed by atoms with Gasteiger partial charge >= 0.3 is 5.69 Å². The maximum atomic E-state index is 12.1. The minimum absolute atomic E-state index is 0.200. The fraction of sp³-hybridized carbons (Fsp3) is 0.357. The number of nitrogens with zero attached hydrogens (tertiary/aromatic N) is 4. The maximum absolute atomic E-state index is 12.1. The molecule has 0 radical (unpaired) electrons. The van der Waals surface area contributed by atoms with E-state index in [0.717, 1.165) is 18.7 Å². The molecule has 7 heteroatoms. The highest BCUT2D eigenvalue weighted by atomic mass is 16.3. The summed E-state index contributed by atoms with van der Waals surface area (Å²) in [6.45, 7) is 4.08. The van der Waals surface area contributed by atoms with Crippen molar-refractivity contribution in [3.05, 3.63) is 52.7 Å². The van der Waals surface area contributed by atoms with Gasteiger partial charge in [-0.25, -0.2) is 13.9 Å². The van der Waals surface area contributed by atoms with Crippen molar-refractivity contribution in [2.24, 2.45) is 0 Å². The van der Waals surface area contributed by atoms with Crippen LogP contribution in [0.4, 0.5) is 0 Å². The Kier molecular flexibility index (Phi) is 3.83. The molecule has 0 unspecified atom stereocenters. The molecule has 110 valence electrons. The van der Waals surface area contributed by atoms with Gasteiger partial charge in [-0.3, -0.25) is 4.98 Å². The van der Waals surface area contributed by atoms with Crippen LogP contribution in [-0.2, 0) is 13.1 Å². The average Bonchev–Trinajstić information content (AvgIpc) is 3.06. The van der Waals surface area contributed by atoms with Crippen LogP contribution in [0.2, 0.25) is 0 Å². The summed E-state index contributed by atoms with van der Waals surface area (Å²) in [6.07, 6.45) is 5.80. The van der Waals surface area contributed by atoms with Crippen molar-refractivity contribution in [1.29, 1.82) is 0 Å². The monoisotopic (exact) mass is 287 g/mol. The van der Waals surface area contributed by atoms with E-state index in [9.17, 15) is 4.79 Å². The van der Waals surface area contributed by atoms with Crippen LogP contribution in [0.25, 0.3) is 5.65 Å². The molecule has 7 nitrogen and oxygen atoms in total. The van der Waals surface area contributed by atoms with Crippen LogP contribution in [0.3, 0.4) is 0 Å². The largest absolute Gasteiger partial charge is 0.463 e. The third-order valence-corrected chi connectivity index (χ3v) is 3.14. The highest BCUT2D eigenvalue weighted by Gasteiger charge is 2.09. The van der Waals surface area contributed by atoms with Gasteiger partial charge in [0, 0.05) is 12.4 Å². The van der Waals surface area contributed by atoms with Gasteiger partial charge in [-0.1, -0.05) is 6.92 Å². The quantitative estimate of drug-likeness (QED) is 0.685. The summed E-state index contributed by atoms with van der Waals surface area (Å²) in [5.74, 6) is 1.57. The minimum atomic E-state index is -0.200. The van der Waals surface area contributed by atoms with Crippen LogP contribution in [0.15, 0.2) is 39.9 Å². The lowest BCUT2D eigenvalue weighted by atomic mass is 10.4. The molecule has 3 aromatic heterocycles. The van der Waals surface area contributed by atoms with Gasteiger partial charge in [-0.15, -0.1) is 5.10 Å². The third kappa shape index (κ3) is 2.87. The van der Waals surface area contributed by atoms with E-state index in [4.69, 9.17) is 4.42 Å². The molecule has 0 bridgehead atoms. The zero-order valence-corrected chi connectivity index (χ0v) is 11.8. The number of rotatable bonds is 6. The summed E-state index contributed by atoms with van der Waals surface area (Å²) in [5.41, 5.74) is 0.327. The molecule has 3 heterocycles. The Balaban J connectivity index is 1.76. The van der Waals surface area contributed by atoms with Gasteiger partial charge in [-0.2, -0.15) is 0 Å². The zero-order chi connectivity index (χ0) is 14.7. The van der Waals surface area contributed by atoms with E-state index in [1.165, 1.54) is 9.08 Å². The lowest BCUT2D eigenvalue weighted by Crippen LogP contribution is -2.21. The molecule has 0 aliphatic heterocycles. The number of nitrogens with one attached hydrogen (secondary N) is 1. The van der Waals surface area contributed by atoms with Crippen LogP contribution in [-0.4, -0.2) is 25.7 Å². The lowest BCUT2D eigenvalue weighted by Gasteiger charge is -1.99. The first-order valence-corrected chi connectivity index (χ1v) is 6.95. The van der Waals surface area contributed by atoms with Gasteiger partial charge in [-0.05, 0) is 25.1 Å². The van der Waals surface area contributed by atoms with Crippen LogP contribution in [0.5, 0.6) is 0 Å². The molecule has 21 heavy (non-hydrogen) atoms. The van der Waals surface area contributed by atoms with E-state index in [1.54, 1.807) is 18.6 Å². The molecule has 0 saturated carbocycles. The van der Waals surface area contributed by atoms with Crippen molar-refractivity contribution >= 4 is 5.65 Å². The second-order valence-electron chi connectivity index (χ2n) is 4.79. The fourth-order valence-corrected chi connectivity index (χ4v) is 2.12. The van der Waals surface area contributed by atoms with Crippen molar-refractivity contribution < 1.29 is 4.42 Å². The first-order valence-electron chi connectivity index (χ1n) is 6.95. The molecule has 1 N–H and O–H groups in total. The van der Waals surface area contributed by atoms with E-state index in [2.05, 4.69) is 22.3 Å². The highest BCUT2D eigenvalue weighted by Crippen LogP contribution is 2.08. The Morgan fingerprint density at radius 3 is 3.00 bits per heavy atom. The SMILES string of the molecule is CCCNCc1ccc(Cn2nc3cnccn3c2=O)o1. The molecule has 0 atom stereocenters. The molecule has 0 amide bonds. The lowest BCUT2D eigenvalue weighted by molar-refractivity contribution is 0.428. The summed E-state index contributed by atoms with van der Waals surface area (Å²) in [5, 5.41) is 7.49. The standard InChI is InChI=1S/C14H17N5O2/c1-2-5-15-8-11-3-4-12(21-11)10-19-14(20)18-7-6-16-9-13(18)17-19/h3-4,6-7,9,15H,2,5,8,10H2,1H3. The van der Waals surface area contributed by atoms with Gasteiger partial charge in [0.05, 0.1) is 12.7 Å². The maximum Gasteiger partial charge on any atom is 0.350 e. The summed E-state index contributed by atoms with van der Waals surface area (Å²) >= 11 is 0. The number of furan rings is 1. The van der Waals surface area contributed by atoms with Crippen LogP contribution in [0, 0.1) is 0 Å². The molecular weight excluding hydrogens is 270 g/mol. The normalized spacial score (nSPS) is 11.3. The average molecular weight is 287 g/mol. The first-order chi connectivity index (χ1) is 10.3. The van der Waals surface area contributed by atoms with Gasteiger partial charge < -0.3 is 9.73 Å². The number of fused-ring (bicyclic) bond motifs is 1. The minimum Gasteiger partial charge on any atom is -0.463 e. The van der Waals surface area contributed by atoms with Crippen molar-refractivity contribution in [1.82, 2.24) is 24.5 Å². The second-order valence-corrected chi connectivity index (χ2v) is 4.79. The molecule has 0 spiro atoms. The molecule has 0 saturated heterocycles. The summed E-state index contributed by atoms with van der Waals surface area (Å²) in [7, 11) is 0. The molecule has 3 aromatic rings. The van der Waals surface area contributed by atoms with Gasteiger partial charge in [0.2, 0.25) is 0 Å². The Labute approximate surface area is 121 Å². The predicted octanol–water partition coefficient (Wildman–Crippen LogP) is 1.03. The molecule has 0 aromatic carbocycles. The zero-order valence-electron chi connectivity index (χ0n) is 11.8.